The Labute approximate surface area is 473 Å². The average Bonchev–Trinajstić information content (AvgIpc) is 3.95. The molecule has 2 fully saturated rings. The molecule has 0 spiro atoms. The van der Waals surface area contributed by atoms with E-state index >= 15 is 0 Å². The lowest BCUT2D eigenvalue weighted by Gasteiger charge is -2.28. The molecule has 18 heteroatoms. The normalized spacial score (nSPS) is 17.0. The van der Waals surface area contributed by atoms with Crippen LogP contribution in [0, 0.1) is 23.7 Å². The molecule has 2 aliphatic rings. The van der Waals surface area contributed by atoms with Gasteiger partial charge in [0.15, 0.2) is 0 Å². The third kappa shape index (κ3) is 20.4. The Kier molecular flexibility index (Phi) is 25.2. The molecule has 2 aliphatic carbocycles. The van der Waals surface area contributed by atoms with Gasteiger partial charge in [0.2, 0.25) is 5.13 Å². The Morgan fingerprint density at radius 3 is 1.71 bits per heavy atom. The van der Waals surface area contributed by atoms with Crippen LogP contribution < -0.4 is 33.4 Å². The number of esters is 4. The first-order valence-corrected chi connectivity index (χ1v) is 28.6. The molecule has 7 rings (SSSR count). The molecule has 0 aliphatic heterocycles. The number of anilines is 1. The number of fused-ring (bicyclic) bond motifs is 1. The zero-order valence-corrected chi connectivity index (χ0v) is 46.7. The second kappa shape index (κ2) is 33.3. The summed E-state index contributed by atoms with van der Waals surface area (Å²) < 4.78 is 58.3. The first kappa shape index (κ1) is 60.4. The molecule has 0 saturated heterocycles. The number of aromatic nitrogens is 1. The van der Waals surface area contributed by atoms with Crippen LogP contribution in [-0.2, 0) is 38.1 Å². The SMILES string of the molecule is C=CC(=O)OCCCCCCOc1ccc(OC(=O)C2CCC(COc3ccc(OCC4CCC(C(=O)Oc5ccc(OCCCOC(=O)C=C)cc5)CC4)c(/C=N/N(CCOCCOC)c4nc5ccccc5s4)c3)CC2)cc1. The third-order valence-electron chi connectivity index (χ3n) is 13.8. The van der Waals surface area contributed by atoms with E-state index in [4.69, 9.17) is 57.5 Å². The van der Waals surface area contributed by atoms with Crippen LogP contribution in [0.5, 0.6) is 34.5 Å². The summed E-state index contributed by atoms with van der Waals surface area (Å²) in [5.74, 6) is 2.35. The van der Waals surface area contributed by atoms with Crippen molar-refractivity contribution in [3.63, 3.8) is 0 Å². The number of carbonyl (C=O) groups excluding carboxylic acids is 4. The Bertz CT molecular complexity index is 2720. The predicted octanol–water partition coefficient (Wildman–Crippen LogP) is 11.5. The van der Waals surface area contributed by atoms with Crippen LogP contribution in [-0.4, -0.2) is 108 Å². The minimum Gasteiger partial charge on any atom is -0.494 e. The van der Waals surface area contributed by atoms with Crippen LogP contribution >= 0.6 is 11.3 Å². The summed E-state index contributed by atoms with van der Waals surface area (Å²) in [7, 11) is 1.64. The molecule has 428 valence electrons. The van der Waals surface area contributed by atoms with E-state index < -0.39 is 11.9 Å². The number of carbonyl (C=O) groups is 4. The quantitative estimate of drug-likeness (QED) is 0.00943. The van der Waals surface area contributed by atoms with E-state index in [0.29, 0.717) is 126 Å². The number of nitrogens with zero attached hydrogens (tertiary/aromatic N) is 3. The van der Waals surface area contributed by atoms with E-state index in [1.165, 1.54) is 6.08 Å². The summed E-state index contributed by atoms with van der Waals surface area (Å²) in [6, 6.07) is 27.9. The molecule has 17 nitrogen and oxygen atoms in total. The van der Waals surface area contributed by atoms with Crippen molar-refractivity contribution in [3.05, 3.63) is 122 Å². The number of unbranched alkanes of at least 4 members (excludes halogenated alkanes) is 3. The zero-order chi connectivity index (χ0) is 56.2. The number of hydrazone groups is 1. The second-order valence-corrected chi connectivity index (χ2v) is 20.7. The monoisotopic (exact) mass is 1120 g/mol. The van der Waals surface area contributed by atoms with Gasteiger partial charge in [-0.2, -0.15) is 5.10 Å². The number of ether oxygens (including phenoxy) is 10. The van der Waals surface area contributed by atoms with Crippen LogP contribution in [0.1, 0.15) is 89.0 Å². The van der Waals surface area contributed by atoms with E-state index in [-0.39, 0.29) is 42.2 Å². The molecule has 1 aromatic heterocycles. The van der Waals surface area contributed by atoms with Crippen molar-refractivity contribution in [2.24, 2.45) is 28.8 Å². The minimum absolute atomic E-state index is 0.194. The Hall–Kier alpha value is -7.28. The lowest BCUT2D eigenvalue weighted by molar-refractivity contribution is -0.141. The number of thiazole rings is 1. The molecule has 0 unspecified atom stereocenters. The molecule has 0 N–H and O–H groups in total. The highest BCUT2D eigenvalue weighted by Gasteiger charge is 2.30. The highest BCUT2D eigenvalue weighted by molar-refractivity contribution is 7.22. The molecule has 80 heavy (non-hydrogen) atoms. The van der Waals surface area contributed by atoms with Crippen molar-refractivity contribution in [2.75, 3.05) is 78.1 Å². The Balaban J connectivity index is 0.901. The van der Waals surface area contributed by atoms with Gasteiger partial charge in [-0.1, -0.05) is 36.6 Å². The topological polar surface area (TPSA) is 189 Å². The molecular formula is C62H75N3O14S. The van der Waals surface area contributed by atoms with Gasteiger partial charge in [0.05, 0.1) is 94.3 Å². The fourth-order valence-electron chi connectivity index (χ4n) is 9.17. The predicted molar refractivity (Wildman–Crippen MR) is 306 cm³/mol. The van der Waals surface area contributed by atoms with Crippen LogP contribution in [0.25, 0.3) is 10.2 Å². The highest BCUT2D eigenvalue weighted by Crippen LogP contribution is 2.35. The summed E-state index contributed by atoms with van der Waals surface area (Å²) in [5, 5.41) is 7.56. The first-order chi connectivity index (χ1) is 39.2. The van der Waals surface area contributed by atoms with Crippen LogP contribution in [0.2, 0.25) is 0 Å². The summed E-state index contributed by atoms with van der Waals surface area (Å²) in [6.45, 7) is 11.1. The number of benzene rings is 4. The molecule has 0 atom stereocenters. The Morgan fingerprint density at radius 1 is 0.588 bits per heavy atom. The van der Waals surface area contributed by atoms with Crippen molar-refractivity contribution in [1.29, 1.82) is 0 Å². The lowest BCUT2D eigenvalue weighted by atomic mass is 9.82. The standard InChI is InChI=1S/C62H75N3O14S/c1-4-58(66)74-35-11-7-6-10-34-72-50-23-27-52(28-24-50)78-60(68)47-19-15-45(16-20-47)43-76-54-31-32-56(49(41-54)42-63-65(33-38-71-40-39-70-3)62-64-55-13-8-9-14-57(55)80-62)77-44-46-17-21-48(22-18-46)61(69)79-53-29-25-51(26-30-53)73-36-12-37-75-59(67)5-2/h4-5,8-9,13-14,23-32,41-42,45-48H,1-2,6-7,10-12,15-22,33-40,43-44H2,3H3/b63-42+. The van der Waals surface area contributed by atoms with E-state index in [1.54, 1.807) is 61.1 Å². The summed E-state index contributed by atoms with van der Waals surface area (Å²) in [5.41, 5.74) is 1.62. The average molecular weight is 1120 g/mol. The van der Waals surface area contributed by atoms with Gasteiger partial charge in [-0.15, -0.1) is 0 Å². The van der Waals surface area contributed by atoms with E-state index in [9.17, 15) is 19.2 Å². The van der Waals surface area contributed by atoms with Crippen LogP contribution in [0.3, 0.4) is 0 Å². The molecule has 5 aromatic rings. The van der Waals surface area contributed by atoms with Gasteiger partial charge >= 0.3 is 23.9 Å². The van der Waals surface area contributed by atoms with Gasteiger partial charge in [-0.05, 0) is 168 Å². The molecule has 2 saturated carbocycles. The van der Waals surface area contributed by atoms with Crippen LogP contribution in [0.4, 0.5) is 5.13 Å². The number of methoxy groups -OCH3 is 1. The molecule has 0 radical (unpaired) electrons. The Morgan fingerprint density at radius 2 is 1.12 bits per heavy atom. The van der Waals surface area contributed by atoms with Crippen molar-refractivity contribution >= 4 is 56.8 Å². The molecule has 0 bridgehead atoms. The molecule has 1 heterocycles. The van der Waals surface area contributed by atoms with E-state index in [0.717, 1.165) is 78.4 Å². The van der Waals surface area contributed by atoms with Crippen LogP contribution in [0.15, 0.2) is 121 Å². The third-order valence-corrected chi connectivity index (χ3v) is 14.8. The summed E-state index contributed by atoms with van der Waals surface area (Å²) in [4.78, 5) is 53.8. The molecular weight excluding hydrogens is 1040 g/mol. The molecule has 4 aromatic carbocycles. The lowest BCUT2D eigenvalue weighted by Crippen LogP contribution is -2.28. The maximum absolute atomic E-state index is 13.3. The van der Waals surface area contributed by atoms with E-state index in [1.807, 2.05) is 59.6 Å². The van der Waals surface area contributed by atoms with Gasteiger partial charge in [-0.3, -0.25) is 9.59 Å². The van der Waals surface area contributed by atoms with Crippen molar-refractivity contribution in [1.82, 2.24) is 4.98 Å². The second-order valence-electron chi connectivity index (χ2n) is 19.7. The van der Waals surface area contributed by atoms with Crippen molar-refractivity contribution in [2.45, 2.75) is 83.5 Å². The largest absolute Gasteiger partial charge is 0.494 e. The van der Waals surface area contributed by atoms with Crippen molar-refractivity contribution in [3.8, 4) is 34.5 Å². The van der Waals surface area contributed by atoms with E-state index in [2.05, 4.69) is 13.2 Å². The smallest absolute Gasteiger partial charge is 0.330 e. The van der Waals surface area contributed by atoms with Gasteiger partial charge < -0.3 is 47.4 Å². The van der Waals surface area contributed by atoms with Gasteiger partial charge in [0.25, 0.3) is 0 Å². The minimum atomic E-state index is -0.467. The zero-order valence-electron chi connectivity index (χ0n) is 45.8. The fourth-order valence-corrected chi connectivity index (χ4v) is 10.1. The number of hydrogen-bond acceptors (Lipinski definition) is 18. The van der Waals surface area contributed by atoms with Gasteiger partial charge in [0, 0.05) is 31.2 Å². The summed E-state index contributed by atoms with van der Waals surface area (Å²) >= 11 is 1.55. The molecule has 0 amide bonds. The maximum Gasteiger partial charge on any atom is 0.330 e. The maximum atomic E-state index is 13.3. The van der Waals surface area contributed by atoms with Gasteiger partial charge in [0.1, 0.15) is 34.5 Å². The highest BCUT2D eigenvalue weighted by atomic mass is 32.1. The van der Waals surface area contributed by atoms with Crippen molar-refractivity contribution < 1.29 is 66.5 Å². The number of para-hydroxylation sites is 1. The number of hydrogen-bond donors (Lipinski definition) is 0. The summed E-state index contributed by atoms with van der Waals surface area (Å²) in [6.07, 6.45) is 14.2. The van der Waals surface area contributed by atoms with Gasteiger partial charge in [-0.25, -0.2) is 19.6 Å². The fraction of sp³-hybridized carbons (Fsp3) is 0.452. The first-order valence-electron chi connectivity index (χ1n) is 27.8. The number of rotatable bonds is 34.